The fourth-order valence-electron chi connectivity index (χ4n) is 2.78. The van der Waals surface area contributed by atoms with Gasteiger partial charge in [-0.15, -0.1) is 0 Å². The van der Waals surface area contributed by atoms with E-state index in [-0.39, 0.29) is 6.79 Å². The molecule has 1 aliphatic rings. The zero-order chi connectivity index (χ0) is 19.2. The number of fused-ring (bicyclic) bond motifs is 1. The van der Waals surface area contributed by atoms with E-state index in [0.717, 1.165) is 34.1 Å². The fraction of sp³-hybridized carbons (Fsp3) is 0.136. The van der Waals surface area contributed by atoms with E-state index in [2.05, 4.69) is 10.6 Å². The summed E-state index contributed by atoms with van der Waals surface area (Å²) in [4.78, 5) is 0. The van der Waals surface area contributed by atoms with Gasteiger partial charge < -0.3 is 24.8 Å². The second-order valence-corrected chi connectivity index (χ2v) is 6.70. The summed E-state index contributed by atoms with van der Waals surface area (Å²) in [6.45, 7) is 1.42. The Morgan fingerprint density at radius 2 is 1.68 bits per heavy atom. The number of ether oxygens (including phenoxy) is 3. The van der Waals surface area contributed by atoms with E-state index in [4.69, 9.17) is 26.4 Å². The van der Waals surface area contributed by atoms with Crippen LogP contribution in [0.2, 0.25) is 0 Å². The molecule has 0 aliphatic carbocycles. The van der Waals surface area contributed by atoms with Crippen molar-refractivity contribution in [2.75, 3.05) is 12.1 Å². The average Bonchev–Trinajstić information content (AvgIpc) is 3.20. The van der Waals surface area contributed by atoms with Crippen molar-refractivity contribution in [1.29, 1.82) is 0 Å². The van der Waals surface area contributed by atoms with Gasteiger partial charge in [-0.25, -0.2) is 0 Å². The number of rotatable bonds is 6. The highest BCUT2D eigenvalue weighted by Crippen LogP contribution is 2.32. The van der Waals surface area contributed by atoms with Crippen LogP contribution in [-0.4, -0.2) is 11.9 Å². The predicted molar refractivity (Wildman–Crippen MR) is 113 cm³/mol. The van der Waals surface area contributed by atoms with E-state index in [0.29, 0.717) is 18.3 Å². The molecule has 28 heavy (non-hydrogen) atoms. The summed E-state index contributed by atoms with van der Waals surface area (Å²) in [5.41, 5.74) is 3.10. The van der Waals surface area contributed by atoms with Gasteiger partial charge in [-0.3, -0.25) is 0 Å². The molecule has 1 aliphatic heterocycles. The molecule has 0 bridgehead atoms. The van der Waals surface area contributed by atoms with Crippen LogP contribution in [-0.2, 0) is 13.2 Å². The van der Waals surface area contributed by atoms with Crippen molar-refractivity contribution in [1.82, 2.24) is 5.32 Å². The van der Waals surface area contributed by atoms with Crippen LogP contribution in [0.4, 0.5) is 5.69 Å². The molecule has 1 heterocycles. The van der Waals surface area contributed by atoms with E-state index < -0.39 is 0 Å². The lowest BCUT2D eigenvalue weighted by atomic mass is 10.2. The molecule has 142 valence electrons. The molecular formula is C22H20N2O3S. The summed E-state index contributed by atoms with van der Waals surface area (Å²) in [6.07, 6.45) is 0. The molecule has 0 amide bonds. The molecular weight excluding hydrogens is 372 g/mol. The van der Waals surface area contributed by atoms with Gasteiger partial charge in [0.1, 0.15) is 12.4 Å². The summed E-state index contributed by atoms with van der Waals surface area (Å²) in [6, 6.07) is 23.7. The monoisotopic (exact) mass is 392 g/mol. The molecule has 6 heteroatoms. The highest BCUT2D eigenvalue weighted by atomic mass is 32.1. The molecule has 5 nitrogen and oxygen atoms in total. The molecule has 0 saturated heterocycles. The number of nitrogens with one attached hydrogen (secondary N) is 2. The zero-order valence-electron chi connectivity index (χ0n) is 15.2. The largest absolute Gasteiger partial charge is 0.489 e. The van der Waals surface area contributed by atoms with Gasteiger partial charge in [-0.05, 0) is 59.7 Å². The topological polar surface area (TPSA) is 51.8 Å². The highest BCUT2D eigenvalue weighted by Gasteiger charge is 2.13. The van der Waals surface area contributed by atoms with Crippen molar-refractivity contribution >= 4 is 23.0 Å². The van der Waals surface area contributed by atoms with Crippen LogP contribution in [0.5, 0.6) is 17.2 Å². The van der Waals surface area contributed by atoms with E-state index in [9.17, 15) is 0 Å². The normalized spacial score (nSPS) is 11.7. The fourth-order valence-corrected chi connectivity index (χ4v) is 2.97. The number of thiocarbonyl (C=S) groups is 1. The quantitative estimate of drug-likeness (QED) is 0.603. The zero-order valence-corrected chi connectivity index (χ0v) is 16.0. The minimum Gasteiger partial charge on any atom is -0.489 e. The first-order chi connectivity index (χ1) is 13.8. The van der Waals surface area contributed by atoms with E-state index in [1.807, 2.05) is 72.8 Å². The van der Waals surface area contributed by atoms with Crippen LogP contribution in [0.25, 0.3) is 0 Å². The lowest BCUT2D eigenvalue weighted by Gasteiger charge is -2.12. The number of hydrogen-bond acceptors (Lipinski definition) is 4. The maximum Gasteiger partial charge on any atom is 0.231 e. The Bertz CT molecular complexity index is 946. The van der Waals surface area contributed by atoms with Crippen molar-refractivity contribution in [3.8, 4) is 17.2 Å². The maximum atomic E-state index is 5.80. The molecule has 0 radical (unpaired) electrons. The van der Waals surface area contributed by atoms with Gasteiger partial charge in [0.05, 0.1) is 0 Å². The molecule has 3 aromatic rings. The van der Waals surface area contributed by atoms with Gasteiger partial charge in [0.25, 0.3) is 0 Å². The average molecular weight is 392 g/mol. The molecule has 0 atom stereocenters. The van der Waals surface area contributed by atoms with Crippen LogP contribution in [0.1, 0.15) is 11.1 Å². The van der Waals surface area contributed by atoms with Gasteiger partial charge in [0.2, 0.25) is 6.79 Å². The lowest BCUT2D eigenvalue weighted by Crippen LogP contribution is -2.27. The molecule has 0 spiro atoms. The maximum absolute atomic E-state index is 5.80. The molecule has 0 aromatic heterocycles. The van der Waals surface area contributed by atoms with Crippen LogP contribution in [0.15, 0.2) is 72.8 Å². The Morgan fingerprint density at radius 1 is 0.893 bits per heavy atom. The van der Waals surface area contributed by atoms with Gasteiger partial charge in [0.15, 0.2) is 16.6 Å². The van der Waals surface area contributed by atoms with Gasteiger partial charge >= 0.3 is 0 Å². The minimum atomic E-state index is 0.275. The summed E-state index contributed by atoms with van der Waals surface area (Å²) < 4.78 is 16.5. The van der Waals surface area contributed by atoms with E-state index >= 15 is 0 Å². The van der Waals surface area contributed by atoms with Gasteiger partial charge in [0, 0.05) is 12.2 Å². The summed E-state index contributed by atoms with van der Waals surface area (Å²) in [5.74, 6) is 2.36. The Kier molecular flexibility index (Phi) is 5.58. The summed E-state index contributed by atoms with van der Waals surface area (Å²) >= 11 is 5.37. The first kappa shape index (κ1) is 18.1. The van der Waals surface area contributed by atoms with Crippen molar-refractivity contribution in [3.05, 3.63) is 83.9 Å². The smallest absolute Gasteiger partial charge is 0.231 e. The second-order valence-electron chi connectivity index (χ2n) is 6.29. The first-order valence-corrected chi connectivity index (χ1v) is 9.37. The Morgan fingerprint density at radius 3 is 2.50 bits per heavy atom. The molecule has 0 saturated carbocycles. The molecule has 2 N–H and O–H groups in total. The second kappa shape index (κ2) is 8.63. The van der Waals surface area contributed by atoms with Crippen molar-refractivity contribution in [3.63, 3.8) is 0 Å². The number of anilines is 1. The van der Waals surface area contributed by atoms with Crippen molar-refractivity contribution in [2.45, 2.75) is 13.2 Å². The number of benzene rings is 3. The minimum absolute atomic E-state index is 0.275. The van der Waals surface area contributed by atoms with Crippen LogP contribution >= 0.6 is 12.2 Å². The third-order valence-corrected chi connectivity index (χ3v) is 4.50. The lowest BCUT2D eigenvalue weighted by molar-refractivity contribution is 0.174. The van der Waals surface area contributed by atoms with Crippen LogP contribution in [0.3, 0.4) is 0 Å². The SMILES string of the molecule is S=C(NCc1ccc2c(c1)OCO2)Nc1ccc(OCc2ccccc2)cc1. The molecule has 0 fully saturated rings. The van der Waals surface area contributed by atoms with E-state index in [1.165, 1.54) is 0 Å². The Labute approximate surface area is 169 Å². The first-order valence-electron chi connectivity index (χ1n) is 8.96. The molecule has 0 unspecified atom stereocenters. The van der Waals surface area contributed by atoms with Crippen molar-refractivity contribution in [2.24, 2.45) is 0 Å². The van der Waals surface area contributed by atoms with Gasteiger partial charge in [-0.2, -0.15) is 0 Å². The molecule has 3 aromatic carbocycles. The van der Waals surface area contributed by atoms with Crippen molar-refractivity contribution < 1.29 is 14.2 Å². The number of hydrogen-bond donors (Lipinski definition) is 2. The third-order valence-electron chi connectivity index (χ3n) is 4.25. The Balaban J connectivity index is 1.25. The highest BCUT2D eigenvalue weighted by molar-refractivity contribution is 7.80. The van der Waals surface area contributed by atoms with Gasteiger partial charge in [-0.1, -0.05) is 36.4 Å². The van der Waals surface area contributed by atoms with Crippen LogP contribution in [0, 0.1) is 0 Å². The summed E-state index contributed by atoms with van der Waals surface area (Å²) in [7, 11) is 0. The third kappa shape index (κ3) is 4.72. The molecule has 4 rings (SSSR count). The van der Waals surface area contributed by atoms with E-state index in [1.54, 1.807) is 0 Å². The van der Waals surface area contributed by atoms with Crippen LogP contribution < -0.4 is 24.8 Å². The standard InChI is InChI=1S/C22H20N2O3S/c28-22(23-13-17-6-11-20-21(12-17)27-15-26-20)24-18-7-9-19(10-8-18)25-14-16-4-2-1-3-5-16/h1-12H,13-15H2,(H2,23,24,28). The predicted octanol–water partition coefficient (Wildman–Crippen LogP) is 4.48. The Hall–Kier alpha value is -3.25. The summed E-state index contributed by atoms with van der Waals surface area (Å²) in [5, 5.41) is 6.92.